The van der Waals surface area contributed by atoms with E-state index >= 15 is 0 Å². The molecule has 0 saturated heterocycles. The fourth-order valence-corrected chi connectivity index (χ4v) is 2.40. The number of rotatable bonds is 4. The summed E-state index contributed by atoms with van der Waals surface area (Å²) in [4.78, 5) is 39.2. The van der Waals surface area contributed by atoms with E-state index in [-0.39, 0.29) is 17.2 Å². The largest absolute Gasteiger partial charge is 0.465 e. The number of methoxy groups -OCH3 is 2. The lowest BCUT2D eigenvalue weighted by atomic mass is 10.1. The second-order valence-electron chi connectivity index (χ2n) is 5.41. The number of allylic oxidation sites excluding steroid dienone is 2. The molecule has 0 spiro atoms. The molecule has 1 aromatic carbocycles. The third-order valence-electron chi connectivity index (χ3n) is 3.86. The molecule has 2 rings (SSSR count). The molecule has 0 fully saturated rings. The fraction of sp³-hybridized carbons (Fsp3) is 0.211. The standard InChI is InChI=1S/C19H20N2O5/c1-13(22)20(2)14-8-7-9-15(12-14)21-11-6-5-10-16(18(23)25-3)17(21)19(24)26-4/h5-12H,1-4H3. The molecule has 0 aromatic heterocycles. The van der Waals surface area contributed by atoms with Gasteiger partial charge in [-0.05, 0) is 30.4 Å². The lowest BCUT2D eigenvalue weighted by Gasteiger charge is -2.24. The molecule has 1 aliphatic heterocycles. The maximum absolute atomic E-state index is 12.4. The summed E-state index contributed by atoms with van der Waals surface area (Å²) in [5, 5.41) is 0. The highest BCUT2D eigenvalue weighted by atomic mass is 16.5. The van der Waals surface area contributed by atoms with Crippen LogP contribution in [0.4, 0.5) is 11.4 Å². The van der Waals surface area contributed by atoms with E-state index in [1.807, 2.05) is 0 Å². The molecule has 0 atom stereocenters. The van der Waals surface area contributed by atoms with Crippen LogP contribution in [0.1, 0.15) is 6.92 Å². The first-order valence-corrected chi connectivity index (χ1v) is 7.80. The lowest BCUT2D eigenvalue weighted by molar-refractivity contribution is -0.139. The summed E-state index contributed by atoms with van der Waals surface area (Å²) < 4.78 is 9.64. The summed E-state index contributed by atoms with van der Waals surface area (Å²) in [6.07, 6.45) is 6.42. The molecule has 7 nitrogen and oxygen atoms in total. The van der Waals surface area contributed by atoms with Crippen LogP contribution in [0.15, 0.2) is 60.0 Å². The van der Waals surface area contributed by atoms with Crippen LogP contribution < -0.4 is 9.80 Å². The van der Waals surface area contributed by atoms with E-state index in [9.17, 15) is 14.4 Å². The number of carbonyl (C=O) groups is 3. The minimum absolute atomic E-state index is 0.0204. The highest BCUT2D eigenvalue weighted by Gasteiger charge is 2.27. The molecular weight excluding hydrogens is 336 g/mol. The minimum atomic E-state index is -0.688. The zero-order valence-electron chi connectivity index (χ0n) is 15.1. The van der Waals surface area contributed by atoms with Crippen molar-refractivity contribution in [3.63, 3.8) is 0 Å². The molecule has 0 aliphatic carbocycles. The van der Waals surface area contributed by atoms with Crippen LogP contribution in [-0.2, 0) is 23.9 Å². The first-order chi connectivity index (χ1) is 12.4. The molecule has 0 unspecified atom stereocenters. The van der Waals surface area contributed by atoms with Gasteiger partial charge in [0.25, 0.3) is 0 Å². The topological polar surface area (TPSA) is 76.2 Å². The van der Waals surface area contributed by atoms with E-state index in [0.717, 1.165) is 0 Å². The molecule has 1 heterocycles. The number of hydrogen-bond acceptors (Lipinski definition) is 6. The Morgan fingerprint density at radius 3 is 2.35 bits per heavy atom. The molecule has 1 aromatic rings. The van der Waals surface area contributed by atoms with Crippen LogP contribution in [0.25, 0.3) is 0 Å². The monoisotopic (exact) mass is 356 g/mol. The Balaban J connectivity index is 2.62. The molecule has 0 radical (unpaired) electrons. The van der Waals surface area contributed by atoms with Crippen molar-refractivity contribution in [2.24, 2.45) is 0 Å². The Labute approximate surface area is 151 Å². The average Bonchev–Trinajstić information content (AvgIpc) is 2.89. The third kappa shape index (κ3) is 3.83. The molecule has 7 heteroatoms. The number of nitrogens with zero attached hydrogens (tertiary/aromatic N) is 2. The molecule has 0 N–H and O–H groups in total. The molecule has 136 valence electrons. The summed E-state index contributed by atoms with van der Waals surface area (Å²) in [6, 6.07) is 7.01. The van der Waals surface area contributed by atoms with Crippen LogP contribution in [0, 0.1) is 0 Å². The van der Waals surface area contributed by atoms with Gasteiger partial charge < -0.3 is 19.3 Å². The van der Waals surface area contributed by atoms with Gasteiger partial charge in [-0.25, -0.2) is 9.59 Å². The lowest BCUT2D eigenvalue weighted by Crippen LogP contribution is -2.27. The summed E-state index contributed by atoms with van der Waals surface area (Å²) >= 11 is 0. The number of benzene rings is 1. The van der Waals surface area contributed by atoms with Gasteiger partial charge in [-0.2, -0.15) is 0 Å². The normalized spacial score (nSPS) is 13.3. The van der Waals surface area contributed by atoms with Crippen LogP contribution in [0.3, 0.4) is 0 Å². The van der Waals surface area contributed by atoms with Crippen molar-refractivity contribution in [3.8, 4) is 0 Å². The summed E-state index contributed by atoms with van der Waals surface area (Å²) in [7, 11) is 4.13. The Hall–Kier alpha value is -3.35. The molecule has 1 aliphatic rings. The summed E-state index contributed by atoms with van der Waals surface area (Å²) in [5.41, 5.74) is 1.31. The number of anilines is 2. The van der Waals surface area contributed by atoms with Crippen molar-refractivity contribution >= 4 is 29.2 Å². The van der Waals surface area contributed by atoms with Crippen molar-refractivity contribution in [3.05, 3.63) is 60.0 Å². The van der Waals surface area contributed by atoms with E-state index < -0.39 is 11.9 Å². The van der Waals surface area contributed by atoms with Crippen LogP contribution in [0.5, 0.6) is 0 Å². The molecule has 0 bridgehead atoms. The van der Waals surface area contributed by atoms with E-state index in [1.54, 1.807) is 49.7 Å². The zero-order valence-corrected chi connectivity index (χ0v) is 15.1. The Bertz CT molecular complexity index is 823. The zero-order chi connectivity index (χ0) is 19.3. The molecular formula is C19H20N2O5. The van der Waals surface area contributed by atoms with Gasteiger partial charge >= 0.3 is 11.9 Å². The second kappa shape index (κ2) is 8.15. The fourth-order valence-electron chi connectivity index (χ4n) is 2.40. The summed E-state index contributed by atoms with van der Waals surface area (Å²) in [5.74, 6) is -1.48. The Morgan fingerprint density at radius 2 is 1.73 bits per heavy atom. The Morgan fingerprint density at radius 1 is 1.04 bits per heavy atom. The van der Waals surface area contributed by atoms with Crippen molar-refractivity contribution in [1.82, 2.24) is 0 Å². The van der Waals surface area contributed by atoms with Gasteiger partial charge in [0.15, 0.2) is 0 Å². The van der Waals surface area contributed by atoms with E-state index in [4.69, 9.17) is 9.47 Å². The predicted octanol–water partition coefficient (Wildman–Crippen LogP) is 2.16. The molecule has 1 amide bonds. The van der Waals surface area contributed by atoms with Gasteiger partial charge in [0.05, 0.1) is 19.8 Å². The first-order valence-electron chi connectivity index (χ1n) is 7.80. The third-order valence-corrected chi connectivity index (χ3v) is 3.86. The van der Waals surface area contributed by atoms with Crippen molar-refractivity contribution in [2.45, 2.75) is 6.92 Å². The van der Waals surface area contributed by atoms with E-state index in [1.165, 1.54) is 37.0 Å². The Kier molecular flexibility index (Phi) is 5.95. The maximum atomic E-state index is 12.4. The van der Waals surface area contributed by atoms with Crippen LogP contribution in [0.2, 0.25) is 0 Å². The van der Waals surface area contributed by atoms with E-state index in [2.05, 4.69) is 0 Å². The van der Waals surface area contributed by atoms with Gasteiger partial charge in [0, 0.05) is 31.5 Å². The smallest absolute Gasteiger partial charge is 0.355 e. The van der Waals surface area contributed by atoms with Crippen LogP contribution >= 0.6 is 0 Å². The minimum Gasteiger partial charge on any atom is -0.465 e. The van der Waals surface area contributed by atoms with Crippen molar-refractivity contribution in [1.29, 1.82) is 0 Å². The van der Waals surface area contributed by atoms with Crippen molar-refractivity contribution < 1.29 is 23.9 Å². The van der Waals surface area contributed by atoms with Gasteiger partial charge in [-0.1, -0.05) is 12.1 Å². The number of amides is 1. The average molecular weight is 356 g/mol. The number of carbonyl (C=O) groups excluding carboxylic acids is 3. The predicted molar refractivity (Wildman–Crippen MR) is 97.3 cm³/mol. The first kappa shape index (κ1) is 19.0. The number of esters is 2. The van der Waals surface area contributed by atoms with Crippen molar-refractivity contribution in [2.75, 3.05) is 31.1 Å². The highest BCUT2D eigenvalue weighted by Crippen LogP contribution is 2.29. The maximum Gasteiger partial charge on any atom is 0.355 e. The van der Waals surface area contributed by atoms with E-state index in [0.29, 0.717) is 11.4 Å². The highest BCUT2D eigenvalue weighted by molar-refractivity contribution is 6.05. The van der Waals surface area contributed by atoms with Gasteiger partial charge in [-0.15, -0.1) is 0 Å². The quantitative estimate of drug-likeness (QED) is 0.770. The van der Waals surface area contributed by atoms with Crippen LogP contribution in [-0.4, -0.2) is 39.1 Å². The van der Waals surface area contributed by atoms with Gasteiger partial charge in [-0.3, -0.25) is 4.79 Å². The summed E-state index contributed by atoms with van der Waals surface area (Å²) in [6.45, 7) is 1.46. The second-order valence-corrected chi connectivity index (χ2v) is 5.41. The molecule has 0 saturated carbocycles. The number of hydrogen-bond donors (Lipinski definition) is 0. The van der Waals surface area contributed by atoms with Gasteiger partial charge in [0.1, 0.15) is 5.70 Å². The SMILES string of the molecule is COC(=O)C1=C(C(=O)OC)N(c2cccc(N(C)C(C)=O)c2)C=CC=C1. The number of ether oxygens (including phenoxy) is 2. The van der Waals surface area contributed by atoms with Gasteiger partial charge in [0.2, 0.25) is 5.91 Å². The molecule has 26 heavy (non-hydrogen) atoms.